The summed E-state index contributed by atoms with van der Waals surface area (Å²) >= 11 is 5.97. The Hall–Kier alpha value is -2.14. The fourth-order valence-corrected chi connectivity index (χ4v) is 2.82. The van der Waals surface area contributed by atoms with Crippen molar-refractivity contribution in [1.29, 1.82) is 0 Å². The van der Waals surface area contributed by atoms with Crippen LogP contribution in [0.3, 0.4) is 0 Å². The summed E-state index contributed by atoms with van der Waals surface area (Å²) in [5.41, 5.74) is 1.24. The highest BCUT2D eigenvalue weighted by Gasteiger charge is 2.22. The standard InChI is InChI=1S/C17H19ClN4O/c1-12-5-7-22(8-6-12)17(23)15-10-16(20-11-19-15)21-14-4-2-3-13(18)9-14/h2-4,9-12H,5-8H2,1H3,(H,19,20,21). The summed E-state index contributed by atoms with van der Waals surface area (Å²) in [5, 5.41) is 3.79. The summed E-state index contributed by atoms with van der Waals surface area (Å²) in [7, 11) is 0. The number of anilines is 2. The predicted octanol–water partition coefficient (Wildman–Crippen LogP) is 3.75. The Morgan fingerprint density at radius 1 is 1.26 bits per heavy atom. The van der Waals surface area contributed by atoms with Crippen molar-refractivity contribution in [2.75, 3.05) is 18.4 Å². The summed E-state index contributed by atoms with van der Waals surface area (Å²) in [5.74, 6) is 1.23. The van der Waals surface area contributed by atoms with E-state index in [0.717, 1.165) is 31.6 Å². The van der Waals surface area contributed by atoms with Crippen LogP contribution >= 0.6 is 11.6 Å². The first-order valence-corrected chi connectivity index (χ1v) is 8.13. The normalized spacial score (nSPS) is 15.5. The lowest BCUT2D eigenvalue weighted by Crippen LogP contribution is -2.38. The molecule has 0 bridgehead atoms. The number of aromatic nitrogens is 2. The SMILES string of the molecule is CC1CCN(C(=O)c2cc(Nc3cccc(Cl)c3)ncn2)CC1. The molecule has 0 aliphatic carbocycles. The molecule has 1 aromatic carbocycles. The number of likely N-dealkylation sites (tertiary alicyclic amines) is 1. The maximum Gasteiger partial charge on any atom is 0.272 e. The van der Waals surface area contributed by atoms with Gasteiger partial charge in [0.25, 0.3) is 5.91 Å². The summed E-state index contributed by atoms with van der Waals surface area (Å²) in [6, 6.07) is 9.03. The average Bonchev–Trinajstić information content (AvgIpc) is 2.55. The van der Waals surface area contributed by atoms with Crippen LogP contribution in [-0.2, 0) is 0 Å². The molecule has 0 atom stereocenters. The van der Waals surface area contributed by atoms with Gasteiger partial charge >= 0.3 is 0 Å². The Bertz CT molecular complexity index is 698. The zero-order valence-electron chi connectivity index (χ0n) is 13.0. The minimum absolute atomic E-state index is 0.0338. The first-order chi connectivity index (χ1) is 11.1. The molecule has 23 heavy (non-hydrogen) atoms. The molecule has 1 aliphatic heterocycles. The van der Waals surface area contributed by atoms with E-state index in [-0.39, 0.29) is 5.91 Å². The fourth-order valence-electron chi connectivity index (χ4n) is 2.63. The van der Waals surface area contributed by atoms with Gasteiger partial charge in [0.05, 0.1) is 0 Å². The fraction of sp³-hybridized carbons (Fsp3) is 0.353. The lowest BCUT2D eigenvalue weighted by atomic mass is 9.99. The Morgan fingerprint density at radius 2 is 2.04 bits per heavy atom. The third-order valence-electron chi connectivity index (χ3n) is 4.05. The van der Waals surface area contributed by atoms with Crippen LogP contribution in [0.15, 0.2) is 36.7 Å². The van der Waals surface area contributed by atoms with E-state index in [9.17, 15) is 4.79 Å². The molecule has 1 amide bonds. The van der Waals surface area contributed by atoms with Gasteiger partial charge in [-0.05, 0) is 37.0 Å². The molecule has 1 fully saturated rings. The number of carbonyl (C=O) groups excluding carboxylic acids is 1. The van der Waals surface area contributed by atoms with Crippen LogP contribution in [0.5, 0.6) is 0 Å². The molecule has 1 saturated heterocycles. The van der Waals surface area contributed by atoms with Crippen LogP contribution < -0.4 is 5.32 Å². The average molecular weight is 331 g/mol. The second kappa shape index (κ2) is 6.96. The van der Waals surface area contributed by atoms with Crippen molar-refractivity contribution in [2.45, 2.75) is 19.8 Å². The molecule has 0 spiro atoms. The van der Waals surface area contributed by atoms with Gasteiger partial charge in [-0.15, -0.1) is 0 Å². The van der Waals surface area contributed by atoms with Crippen LogP contribution in [0.4, 0.5) is 11.5 Å². The van der Waals surface area contributed by atoms with Crippen molar-refractivity contribution in [3.63, 3.8) is 0 Å². The number of benzene rings is 1. The number of amides is 1. The number of piperidine rings is 1. The Balaban J connectivity index is 1.73. The van der Waals surface area contributed by atoms with Gasteiger partial charge in [-0.3, -0.25) is 4.79 Å². The molecule has 2 aromatic rings. The van der Waals surface area contributed by atoms with E-state index < -0.39 is 0 Å². The Kier molecular flexibility index (Phi) is 4.76. The maximum atomic E-state index is 12.6. The summed E-state index contributed by atoms with van der Waals surface area (Å²) in [6.07, 6.45) is 3.50. The van der Waals surface area contributed by atoms with Crippen molar-refractivity contribution < 1.29 is 4.79 Å². The third kappa shape index (κ3) is 3.99. The van der Waals surface area contributed by atoms with Gasteiger partial charge in [0.2, 0.25) is 0 Å². The highest BCUT2D eigenvalue weighted by molar-refractivity contribution is 6.30. The summed E-state index contributed by atoms with van der Waals surface area (Å²) < 4.78 is 0. The Morgan fingerprint density at radius 3 is 2.78 bits per heavy atom. The van der Waals surface area contributed by atoms with Gasteiger partial charge in [0, 0.05) is 29.9 Å². The summed E-state index contributed by atoms with van der Waals surface area (Å²) in [4.78, 5) is 22.7. The predicted molar refractivity (Wildman–Crippen MR) is 91.1 cm³/mol. The van der Waals surface area contributed by atoms with Crippen LogP contribution in [0, 0.1) is 5.92 Å². The second-order valence-electron chi connectivity index (χ2n) is 5.90. The topological polar surface area (TPSA) is 58.1 Å². The highest BCUT2D eigenvalue weighted by atomic mass is 35.5. The molecule has 0 unspecified atom stereocenters. The molecule has 1 N–H and O–H groups in total. The molecule has 6 heteroatoms. The molecule has 5 nitrogen and oxygen atoms in total. The van der Waals surface area contributed by atoms with Crippen LogP contribution in [-0.4, -0.2) is 33.9 Å². The number of carbonyl (C=O) groups is 1. The zero-order chi connectivity index (χ0) is 16.2. The van der Waals surface area contributed by atoms with Gasteiger partial charge < -0.3 is 10.2 Å². The quantitative estimate of drug-likeness (QED) is 0.931. The number of hydrogen-bond acceptors (Lipinski definition) is 4. The van der Waals surface area contributed by atoms with E-state index in [1.165, 1.54) is 6.33 Å². The van der Waals surface area contributed by atoms with E-state index >= 15 is 0 Å². The lowest BCUT2D eigenvalue weighted by Gasteiger charge is -2.30. The van der Waals surface area contributed by atoms with Crippen molar-refractivity contribution in [3.05, 3.63) is 47.4 Å². The molecule has 3 rings (SSSR count). The number of rotatable bonds is 3. The van der Waals surface area contributed by atoms with Crippen molar-refractivity contribution in [1.82, 2.24) is 14.9 Å². The van der Waals surface area contributed by atoms with Gasteiger partial charge in [-0.1, -0.05) is 24.6 Å². The largest absolute Gasteiger partial charge is 0.340 e. The molecule has 0 saturated carbocycles. The first kappa shape index (κ1) is 15.7. The van der Waals surface area contributed by atoms with E-state index in [4.69, 9.17) is 11.6 Å². The molecule has 1 aliphatic rings. The Labute approximate surface area is 140 Å². The van der Waals surface area contributed by atoms with Crippen LogP contribution in [0.1, 0.15) is 30.3 Å². The van der Waals surface area contributed by atoms with Crippen molar-refractivity contribution >= 4 is 29.0 Å². The molecule has 0 radical (unpaired) electrons. The van der Waals surface area contributed by atoms with E-state index in [1.54, 1.807) is 18.2 Å². The van der Waals surface area contributed by atoms with Crippen LogP contribution in [0.25, 0.3) is 0 Å². The minimum Gasteiger partial charge on any atom is -0.340 e. The molecular formula is C17H19ClN4O. The van der Waals surface area contributed by atoms with Crippen LogP contribution in [0.2, 0.25) is 5.02 Å². The number of nitrogens with zero attached hydrogens (tertiary/aromatic N) is 3. The monoisotopic (exact) mass is 330 g/mol. The van der Waals surface area contributed by atoms with Gasteiger partial charge in [-0.25, -0.2) is 9.97 Å². The zero-order valence-corrected chi connectivity index (χ0v) is 13.8. The molecule has 1 aromatic heterocycles. The molecular weight excluding hydrogens is 312 g/mol. The molecule has 2 heterocycles. The summed E-state index contributed by atoms with van der Waals surface area (Å²) in [6.45, 7) is 3.81. The van der Waals surface area contributed by atoms with Crippen molar-refractivity contribution in [2.24, 2.45) is 5.92 Å². The first-order valence-electron chi connectivity index (χ1n) is 7.76. The van der Waals surface area contributed by atoms with E-state index in [2.05, 4.69) is 22.2 Å². The smallest absolute Gasteiger partial charge is 0.272 e. The second-order valence-corrected chi connectivity index (χ2v) is 6.33. The highest BCUT2D eigenvalue weighted by Crippen LogP contribution is 2.21. The number of hydrogen-bond donors (Lipinski definition) is 1. The number of nitrogens with one attached hydrogen (secondary N) is 1. The van der Waals surface area contributed by atoms with Gasteiger partial charge in [-0.2, -0.15) is 0 Å². The van der Waals surface area contributed by atoms with E-state index in [1.807, 2.05) is 17.0 Å². The minimum atomic E-state index is -0.0338. The van der Waals surface area contributed by atoms with Gasteiger partial charge in [0.15, 0.2) is 0 Å². The van der Waals surface area contributed by atoms with E-state index in [0.29, 0.717) is 22.5 Å². The van der Waals surface area contributed by atoms with Crippen molar-refractivity contribution in [3.8, 4) is 0 Å². The molecule has 120 valence electrons. The maximum absolute atomic E-state index is 12.6. The van der Waals surface area contributed by atoms with Gasteiger partial charge in [0.1, 0.15) is 17.8 Å². The number of halogens is 1. The third-order valence-corrected chi connectivity index (χ3v) is 4.29. The lowest BCUT2D eigenvalue weighted by molar-refractivity contribution is 0.0691.